The van der Waals surface area contributed by atoms with E-state index in [9.17, 15) is 19.1 Å². The molecular weight excluding hydrogens is 439 g/mol. The van der Waals surface area contributed by atoms with Gasteiger partial charge >= 0.3 is 11.7 Å². The number of hydrogen-bond donors (Lipinski definition) is 1. The number of aliphatic hydroxyl groups is 1. The van der Waals surface area contributed by atoms with Gasteiger partial charge in [-0.1, -0.05) is 35.9 Å². The van der Waals surface area contributed by atoms with E-state index in [1.54, 1.807) is 30.5 Å². The summed E-state index contributed by atoms with van der Waals surface area (Å²) in [5.74, 6) is -0.190. The molecule has 8 nitrogen and oxygen atoms in total. The van der Waals surface area contributed by atoms with Gasteiger partial charge in [0.1, 0.15) is 11.6 Å². The van der Waals surface area contributed by atoms with Crippen molar-refractivity contribution in [2.45, 2.75) is 46.8 Å². The molecule has 0 aliphatic carbocycles. The van der Waals surface area contributed by atoms with Crippen molar-refractivity contribution in [2.24, 2.45) is 0 Å². The van der Waals surface area contributed by atoms with Gasteiger partial charge in [0.25, 0.3) is 5.56 Å². The molecule has 0 unspecified atom stereocenters. The highest BCUT2D eigenvalue weighted by atomic mass is 19.1. The Morgan fingerprint density at radius 1 is 1.03 bits per heavy atom. The topological polar surface area (TPSA) is 91.3 Å². The van der Waals surface area contributed by atoms with Crippen molar-refractivity contribution in [3.63, 3.8) is 0 Å². The summed E-state index contributed by atoms with van der Waals surface area (Å²) in [7, 11) is 0. The fraction of sp³-hybridized carbons (Fsp3) is 0.320. The number of ether oxygens (including phenoxy) is 1. The minimum absolute atomic E-state index is 0.0810. The van der Waals surface area contributed by atoms with Crippen LogP contribution in [-0.4, -0.2) is 30.4 Å². The number of aryl methyl sites for hydroxylation is 3. The molecule has 4 rings (SSSR count). The third-order valence-corrected chi connectivity index (χ3v) is 5.75. The molecule has 1 N–H and O–H groups in total. The Labute approximate surface area is 195 Å². The summed E-state index contributed by atoms with van der Waals surface area (Å²) in [6.45, 7) is 5.91. The minimum Gasteiger partial charge on any atom is -0.425 e. The molecular formula is C25H27FN4O4. The molecule has 2 aromatic carbocycles. The third-order valence-electron chi connectivity index (χ3n) is 5.75. The van der Waals surface area contributed by atoms with Crippen molar-refractivity contribution in [3.8, 4) is 11.8 Å². The van der Waals surface area contributed by atoms with Gasteiger partial charge in [0, 0.05) is 25.8 Å². The summed E-state index contributed by atoms with van der Waals surface area (Å²) in [6.07, 6.45) is 0.266. The zero-order chi connectivity index (χ0) is 24.4. The highest BCUT2D eigenvalue weighted by Crippen LogP contribution is 2.26. The number of benzene rings is 2. The van der Waals surface area contributed by atoms with Crippen molar-refractivity contribution in [2.75, 3.05) is 6.61 Å². The number of rotatable bonds is 8. The molecule has 178 valence electrons. The molecule has 0 fully saturated rings. The average molecular weight is 467 g/mol. The fourth-order valence-electron chi connectivity index (χ4n) is 3.82. The number of aliphatic hydroxyl groups excluding tert-OH is 1. The maximum Gasteiger partial charge on any atom is 0.332 e. The van der Waals surface area contributed by atoms with E-state index in [0.717, 1.165) is 15.7 Å². The largest absolute Gasteiger partial charge is 0.425 e. The van der Waals surface area contributed by atoms with Gasteiger partial charge in [-0.3, -0.25) is 18.5 Å². The van der Waals surface area contributed by atoms with Crippen LogP contribution in [0.25, 0.3) is 11.2 Å². The van der Waals surface area contributed by atoms with Crippen molar-refractivity contribution < 1.29 is 14.2 Å². The van der Waals surface area contributed by atoms with Gasteiger partial charge in [-0.2, -0.15) is 4.98 Å². The lowest BCUT2D eigenvalue weighted by molar-refractivity contribution is 0.277. The summed E-state index contributed by atoms with van der Waals surface area (Å²) < 4.78 is 24.2. The zero-order valence-electron chi connectivity index (χ0n) is 19.4. The molecule has 0 bridgehead atoms. The lowest BCUT2D eigenvalue weighted by Crippen LogP contribution is -2.40. The molecule has 0 saturated heterocycles. The summed E-state index contributed by atoms with van der Waals surface area (Å²) in [6, 6.07) is 12.4. The molecule has 34 heavy (non-hydrogen) atoms. The monoisotopic (exact) mass is 466 g/mol. The lowest BCUT2D eigenvalue weighted by Gasteiger charge is -2.12. The van der Waals surface area contributed by atoms with Gasteiger partial charge in [0.2, 0.25) is 0 Å². The molecule has 0 amide bonds. The van der Waals surface area contributed by atoms with Crippen LogP contribution in [0.4, 0.5) is 4.39 Å². The van der Waals surface area contributed by atoms with Crippen molar-refractivity contribution in [1.29, 1.82) is 0 Å². The molecule has 0 aliphatic heterocycles. The van der Waals surface area contributed by atoms with Crippen LogP contribution < -0.4 is 16.0 Å². The standard InChI is InChI=1S/C25H27FN4O4/c1-4-28-22-21(23(32)29(25(28)33)12-5-13-31)30(15-18-9-6-16(2)7-10-18)24(27-22)34-19-11-8-17(3)20(26)14-19/h6-11,14,31H,4-5,12-13,15H2,1-3H3. The predicted octanol–water partition coefficient (Wildman–Crippen LogP) is 3.36. The first-order valence-electron chi connectivity index (χ1n) is 11.2. The van der Waals surface area contributed by atoms with Gasteiger partial charge < -0.3 is 9.84 Å². The molecule has 0 atom stereocenters. The summed E-state index contributed by atoms with van der Waals surface area (Å²) in [4.78, 5) is 31.0. The molecule has 4 aromatic rings. The van der Waals surface area contributed by atoms with E-state index in [-0.39, 0.29) is 55.6 Å². The Morgan fingerprint density at radius 2 is 1.76 bits per heavy atom. The molecule has 2 heterocycles. The maximum atomic E-state index is 14.2. The second-order valence-electron chi connectivity index (χ2n) is 8.21. The maximum absolute atomic E-state index is 14.2. The molecule has 9 heteroatoms. The van der Waals surface area contributed by atoms with Gasteiger partial charge in [-0.25, -0.2) is 9.18 Å². The van der Waals surface area contributed by atoms with E-state index in [2.05, 4.69) is 4.98 Å². The van der Waals surface area contributed by atoms with Crippen LogP contribution in [0.15, 0.2) is 52.1 Å². The van der Waals surface area contributed by atoms with Gasteiger partial charge in [-0.05, 0) is 44.4 Å². The first kappa shape index (κ1) is 23.4. The van der Waals surface area contributed by atoms with Crippen molar-refractivity contribution in [3.05, 3.63) is 85.8 Å². The summed E-state index contributed by atoms with van der Waals surface area (Å²) in [5.41, 5.74) is 1.88. The Kier molecular flexibility index (Phi) is 6.65. The van der Waals surface area contributed by atoms with Crippen LogP contribution in [0, 0.1) is 19.7 Å². The summed E-state index contributed by atoms with van der Waals surface area (Å²) in [5, 5.41) is 9.24. The second-order valence-corrected chi connectivity index (χ2v) is 8.21. The smallest absolute Gasteiger partial charge is 0.332 e. The zero-order valence-corrected chi connectivity index (χ0v) is 19.4. The molecule has 0 spiro atoms. The number of fused-ring (bicyclic) bond motifs is 1. The Hall–Kier alpha value is -3.72. The number of nitrogens with zero attached hydrogens (tertiary/aromatic N) is 4. The average Bonchev–Trinajstić information content (AvgIpc) is 3.15. The van der Waals surface area contributed by atoms with E-state index >= 15 is 0 Å². The molecule has 0 saturated carbocycles. The van der Waals surface area contributed by atoms with Gasteiger partial charge in [0.05, 0.1) is 6.54 Å². The van der Waals surface area contributed by atoms with Crippen LogP contribution in [0.5, 0.6) is 11.8 Å². The summed E-state index contributed by atoms with van der Waals surface area (Å²) >= 11 is 0. The Balaban J connectivity index is 1.96. The van der Waals surface area contributed by atoms with Gasteiger partial charge in [0.15, 0.2) is 11.2 Å². The van der Waals surface area contributed by atoms with Gasteiger partial charge in [-0.15, -0.1) is 0 Å². The van der Waals surface area contributed by atoms with Crippen LogP contribution in [-0.2, 0) is 19.6 Å². The van der Waals surface area contributed by atoms with Crippen molar-refractivity contribution in [1.82, 2.24) is 18.7 Å². The second kappa shape index (κ2) is 9.64. The van der Waals surface area contributed by atoms with Crippen LogP contribution in [0.1, 0.15) is 30.0 Å². The number of hydrogen-bond acceptors (Lipinski definition) is 5. The molecule has 0 radical (unpaired) electrons. The number of aromatic nitrogens is 4. The quantitative estimate of drug-likeness (QED) is 0.430. The van der Waals surface area contributed by atoms with E-state index in [1.807, 2.05) is 31.2 Å². The normalized spacial score (nSPS) is 11.3. The number of imidazole rings is 1. The van der Waals surface area contributed by atoms with Crippen LogP contribution in [0.3, 0.4) is 0 Å². The Bertz CT molecular complexity index is 1450. The number of halogens is 1. The molecule has 0 aliphatic rings. The predicted molar refractivity (Wildman–Crippen MR) is 127 cm³/mol. The SMILES string of the molecule is CCn1c(=O)n(CCCO)c(=O)c2c1nc(Oc1ccc(C)c(F)c1)n2Cc1ccc(C)cc1. The highest BCUT2D eigenvalue weighted by Gasteiger charge is 2.23. The van der Waals surface area contributed by atoms with Crippen LogP contribution in [0.2, 0.25) is 0 Å². The first-order valence-corrected chi connectivity index (χ1v) is 11.2. The highest BCUT2D eigenvalue weighted by molar-refractivity contribution is 5.72. The van der Waals surface area contributed by atoms with E-state index in [0.29, 0.717) is 5.56 Å². The Morgan fingerprint density at radius 3 is 2.41 bits per heavy atom. The van der Waals surface area contributed by atoms with E-state index in [4.69, 9.17) is 4.74 Å². The van der Waals surface area contributed by atoms with Crippen molar-refractivity contribution >= 4 is 11.2 Å². The van der Waals surface area contributed by atoms with E-state index < -0.39 is 17.1 Å². The lowest BCUT2D eigenvalue weighted by atomic mass is 10.1. The fourth-order valence-corrected chi connectivity index (χ4v) is 3.82. The molecule has 2 aromatic heterocycles. The minimum atomic E-state index is -0.511. The third kappa shape index (κ3) is 4.38. The first-order chi connectivity index (χ1) is 16.3. The van der Waals surface area contributed by atoms with Crippen LogP contribution >= 0.6 is 0 Å². The van der Waals surface area contributed by atoms with E-state index in [1.165, 1.54) is 10.6 Å².